The number of pyridine rings is 1. The summed E-state index contributed by atoms with van der Waals surface area (Å²) in [4.78, 5) is 8.43. The highest BCUT2D eigenvalue weighted by Crippen LogP contribution is 2.22. The number of imidazole rings is 1. The quantitative estimate of drug-likeness (QED) is 0.664. The van der Waals surface area contributed by atoms with E-state index in [1.165, 1.54) is 11.1 Å². The van der Waals surface area contributed by atoms with Crippen molar-refractivity contribution in [2.75, 3.05) is 0 Å². The number of fused-ring (bicyclic) bond motifs is 1. The predicted molar refractivity (Wildman–Crippen MR) is 52.6 cm³/mol. The van der Waals surface area contributed by atoms with Gasteiger partial charge < -0.3 is 4.57 Å². The third-order valence-electron chi connectivity index (χ3n) is 2.27. The van der Waals surface area contributed by atoms with Crippen LogP contribution < -0.4 is 0 Å². The highest BCUT2D eigenvalue weighted by Gasteiger charge is 2.08. The Hall–Kier alpha value is -1.38. The molecule has 0 aromatic carbocycles. The van der Waals surface area contributed by atoms with E-state index < -0.39 is 0 Å². The Bertz CT molecular complexity index is 429. The molecule has 0 fully saturated rings. The van der Waals surface area contributed by atoms with Crippen molar-refractivity contribution >= 4 is 11.0 Å². The van der Waals surface area contributed by atoms with Crippen LogP contribution >= 0.6 is 0 Å². The Balaban J connectivity index is 2.80. The van der Waals surface area contributed by atoms with Crippen LogP contribution in [-0.2, 0) is 7.05 Å². The highest BCUT2D eigenvalue weighted by atomic mass is 15.0. The summed E-state index contributed by atoms with van der Waals surface area (Å²) in [7, 11) is 2.02. The first-order valence-electron chi connectivity index (χ1n) is 4.45. The fourth-order valence-electron chi connectivity index (χ4n) is 1.57. The maximum absolute atomic E-state index is 4.26. The molecule has 0 unspecified atom stereocenters. The first-order valence-corrected chi connectivity index (χ1v) is 4.45. The minimum atomic E-state index is 0.492. The van der Waals surface area contributed by atoms with Crippen LogP contribution in [0.4, 0.5) is 0 Å². The van der Waals surface area contributed by atoms with E-state index >= 15 is 0 Å². The van der Waals surface area contributed by atoms with E-state index in [1.54, 1.807) is 6.20 Å². The van der Waals surface area contributed by atoms with E-state index in [9.17, 15) is 0 Å². The molecule has 2 rings (SSSR count). The molecule has 0 amide bonds. The summed E-state index contributed by atoms with van der Waals surface area (Å²) in [5.41, 5.74) is 3.44. The largest absolute Gasteiger partial charge is 0.333 e. The van der Waals surface area contributed by atoms with Crippen molar-refractivity contribution in [3.63, 3.8) is 0 Å². The van der Waals surface area contributed by atoms with Gasteiger partial charge in [0.2, 0.25) is 0 Å². The van der Waals surface area contributed by atoms with Crippen molar-refractivity contribution in [1.82, 2.24) is 14.5 Å². The molecule has 0 spiro atoms. The van der Waals surface area contributed by atoms with Crippen LogP contribution in [-0.4, -0.2) is 14.5 Å². The molecule has 0 bridgehead atoms. The number of hydrogen-bond donors (Lipinski definition) is 0. The standard InChI is InChI=1S/C10H13N3/c1-7(2)8-4-11-5-9-10(8)13(3)6-12-9/h4-7H,1-3H3. The molecule has 0 aliphatic carbocycles. The summed E-state index contributed by atoms with van der Waals surface area (Å²) < 4.78 is 2.05. The Morgan fingerprint density at radius 2 is 2.08 bits per heavy atom. The summed E-state index contributed by atoms with van der Waals surface area (Å²) in [6, 6.07) is 0. The van der Waals surface area contributed by atoms with Crippen molar-refractivity contribution in [2.45, 2.75) is 19.8 Å². The van der Waals surface area contributed by atoms with Gasteiger partial charge in [0.15, 0.2) is 0 Å². The van der Waals surface area contributed by atoms with E-state index in [0.717, 1.165) is 5.52 Å². The van der Waals surface area contributed by atoms with E-state index in [1.807, 2.05) is 24.1 Å². The molecule has 0 aliphatic heterocycles. The zero-order chi connectivity index (χ0) is 9.42. The average molecular weight is 175 g/mol. The molecular weight excluding hydrogens is 162 g/mol. The summed E-state index contributed by atoms with van der Waals surface area (Å²) in [6.45, 7) is 4.34. The van der Waals surface area contributed by atoms with Crippen molar-refractivity contribution < 1.29 is 0 Å². The monoisotopic (exact) mass is 175 g/mol. The summed E-state index contributed by atoms with van der Waals surface area (Å²) in [5, 5.41) is 0. The molecule has 13 heavy (non-hydrogen) atoms. The van der Waals surface area contributed by atoms with E-state index in [0.29, 0.717) is 5.92 Å². The van der Waals surface area contributed by atoms with E-state index in [2.05, 4.69) is 23.8 Å². The second-order valence-electron chi connectivity index (χ2n) is 3.61. The SMILES string of the molecule is CC(C)c1cncc2ncn(C)c12. The fraction of sp³-hybridized carbons (Fsp3) is 0.400. The van der Waals surface area contributed by atoms with Crippen LogP contribution in [0, 0.1) is 0 Å². The number of hydrogen-bond acceptors (Lipinski definition) is 2. The Labute approximate surface area is 77.4 Å². The van der Waals surface area contributed by atoms with Gasteiger partial charge in [0.1, 0.15) is 5.52 Å². The molecule has 3 nitrogen and oxygen atoms in total. The van der Waals surface area contributed by atoms with Gasteiger partial charge in [-0.05, 0) is 11.5 Å². The maximum Gasteiger partial charge on any atom is 0.107 e. The molecule has 0 N–H and O–H groups in total. The zero-order valence-corrected chi connectivity index (χ0v) is 8.15. The molecule has 2 heterocycles. The minimum absolute atomic E-state index is 0.492. The van der Waals surface area contributed by atoms with Crippen LogP contribution in [0.25, 0.3) is 11.0 Å². The van der Waals surface area contributed by atoms with Crippen molar-refractivity contribution in [3.05, 3.63) is 24.3 Å². The molecule has 3 heteroatoms. The second-order valence-corrected chi connectivity index (χ2v) is 3.61. The normalized spacial score (nSPS) is 11.4. The molecule has 2 aromatic rings. The summed E-state index contributed by atoms with van der Waals surface area (Å²) in [6.07, 6.45) is 5.56. The van der Waals surface area contributed by atoms with Gasteiger partial charge in [0.25, 0.3) is 0 Å². The van der Waals surface area contributed by atoms with Crippen LogP contribution in [0.2, 0.25) is 0 Å². The van der Waals surface area contributed by atoms with Crippen molar-refractivity contribution in [3.8, 4) is 0 Å². The molecule has 0 atom stereocenters. The predicted octanol–water partition coefficient (Wildman–Crippen LogP) is 2.09. The number of rotatable bonds is 1. The molecular formula is C10H13N3. The fourth-order valence-corrected chi connectivity index (χ4v) is 1.57. The Morgan fingerprint density at radius 1 is 1.31 bits per heavy atom. The van der Waals surface area contributed by atoms with Gasteiger partial charge >= 0.3 is 0 Å². The van der Waals surface area contributed by atoms with Crippen LogP contribution in [0.5, 0.6) is 0 Å². The Kier molecular flexibility index (Phi) is 1.79. The average Bonchev–Trinajstić information content (AvgIpc) is 2.48. The van der Waals surface area contributed by atoms with Crippen LogP contribution in [0.3, 0.4) is 0 Å². The highest BCUT2D eigenvalue weighted by molar-refractivity contribution is 5.78. The van der Waals surface area contributed by atoms with Gasteiger partial charge in [-0.15, -0.1) is 0 Å². The molecule has 0 radical (unpaired) electrons. The molecule has 2 aromatic heterocycles. The maximum atomic E-state index is 4.26. The zero-order valence-electron chi connectivity index (χ0n) is 8.15. The third kappa shape index (κ3) is 1.20. The number of aryl methyl sites for hydroxylation is 1. The van der Waals surface area contributed by atoms with Crippen molar-refractivity contribution in [1.29, 1.82) is 0 Å². The lowest BCUT2D eigenvalue weighted by atomic mass is 10.0. The van der Waals surface area contributed by atoms with E-state index in [-0.39, 0.29) is 0 Å². The van der Waals surface area contributed by atoms with Gasteiger partial charge in [-0.3, -0.25) is 4.98 Å². The number of aromatic nitrogens is 3. The molecule has 68 valence electrons. The van der Waals surface area contributed by atoms with Crippen LogP contribution in [0.1, 0.15) is 25.3 Å². The summed E-state index contributed by atoms with van der Waals surface area (Å²) >= 11 is 0. The van der Waals surface area contributed by atoms with E-state index in [4.69, 9.17) is 0 Å². The molecule has 0 saturated carbocycles. The molecule has 0 aliphatic rings. The lowest BCUT2D eigenvalue weighted by Gasteiger charge is -2.07. The van der Waals surface area contributed by atoms with Gasteiger partial charge in [0.05, 0.1) is 18.0 Å². The molecule has 0 saturated heterocycles. The third-order valence-corrected chi connectivity index (χ3v) is 2.27. The summed E-state index contributed by atoms with van der Waals surface area (Å²) in [5.74, 6) is 0.492. The lowest BCUT2D eigenvalue weighted by Crippen LogP contribution is -1.95. The topological polar surface area (TPSA) is 30.7 Å². The van der Waals surface area contributed by atoms with Gasteiger partial charge in [-0.25, -0.2) is 4.98 Å². The van der Waals surface area contributed by atoms with Gasteiger partial charge in [-0.1, -0.05) is 13.8 Å². The Morgan fingerprint density at radius 3 is 2.77 bits per heavy atom. The first-order chi connectivity index (χ1) is 6.20. The first kappa shape index (κ1) is 8.23. The smallest absolute Gasteiger partial charge is 0.107 e. The van der Waals surface area contributed by atoms with Crippen LogP contribution in [0.15, 0.2) is 18.7 Å². The second kappa shape index (κ2) is 2.83. The van der Waals surface area contributed by atoms with Gasteiger partial charge in [0, 0.05) is 13.2 Å². The van der Waals surface area contributed by atoms with Crippen molar-refractivity contribution in [2.24, 2.45) is 7.05 Å². The lowest BCUT2D eigenvalue weighted by molar-refractivity contribution is 0.848. The van der Waals surface area contributed by atoms with Gasteiger partial charge in [-0.2, -0.15) is 0 Å². The number of nitrogens with zero attached hydrogens (tertiary/aromatic N) is 3. The minimum Gasteiger partial charge on any atom is -0.333 e.